The summed E-state index contributed by atoms with van der Waals surface area (Å²) < 4.78 is 26.0. The number of ether oxygens (including phenoxy) is 1. The summed E-state index contributed by atoms with van der Waals surface area (Å²) in [6, 6.07) is 47.1. The standard InChI is InChI=1S/C15H13Br2IN2O2.C15H22Br2N2O2.C15H14BrFN2O2.C14H12Br2N2O2.C12H14Br2N2O4.C12H16Br2N2O2.C11H14Br2N2O2/c16-12-8-11(9-13(17)14(12)21)20(18)15(22)19-7-6-10-4-2-1-3-5-10;1-14(2,3)8-15(4,5)19-13(21)18-9-6-10(16)12(20)11(17)7-9;1-9-4-2-3-5-10(9)8-18-15(21)19-13-7-11(16)6-12(17)14(13)20;15-11-6-10(7-12(16)13(11)19)18-14(20)17-8-9-4-2-1-3-5-9;1-2-20-10(17)3-4-15-12(19)16-7-5-8(13)11(18)9(14)6-7;1-2-3-4-5-15-12(18)16-8-6-9(13)11(17)10(14)7-8;1-11(2,3)15-10(17)14-6-4-7(12)9(16)8(13)5-6/h1-5,8-9,21H,6-7H2,(H,19,22);6-7,20H,8H2,1-5H3,(H2,18,19,21);2-7,20H,8H2,1H3,(H2,18,19,21);1-7,19H,8H2,(H2,17,18,20);5-6,18H,2-4H2,1H3,(H2,15,16,19);6-7,17H,2-5H2,1H3,(H2,15,16,18);4-5,16H,1-3H3,(H2,14,15,17). The van der Waals surface area contributed by atoms with Gasteiger partial charge in [-0.1, -0.05) is 141 Å². The Labute approximate surface area is 929 Å². The molecule has 0 aliphatic carbocycles. The van der Waals surface area contributed by atoms with Crippen molar-refractivity contribution >= 4 is 318 Å². The maximum atomic E-state index is 13.3. The number of hydrogen-bond acceptors (Lipinski definition) is 16. The monoisotopic (exact) mass is 2860 g/mol. The largest absolute Gasteiger partial charge is 0.506 e. The summed E-state index contributed by atoms with van der Waals surface area (Å²) >= 11 is 43.6. The Bertz CT molecular complexity index is 5690. The first kappa shape index (κ1) is 123. The van der Waals surface area contributed by atoms with Gasteiger partial charge in [0.1, 0.15) is 34.5 Å². The lowest BCUT2D eigenvalue weighted by Crippen LogP contribution is -2.47. The predicted molar refractivity (Wildman–Crippen MR) is 603 cm³/mol. The minimum Gasteiger partial charge on any atom is -0.506 e. The number of carbonyl (C=O) groups excluding carboxylic acids is 8. The predicted octanol–water partition coefficient (Wildman–Crippen LogP) is 29.5. The second-order valence-electron chi connectivity index (χ2n) is 32.3. The van der Waals surface area contributed by atoms with Gasteiger partial charge >= 0.3 is 48.2 Å². The molecule has 45 heteroatoms. The fraction of sp³-hybridized carbons (Fsp3) is 0.277. The van der Waals surface area contributed by atoms with Gasteiger partial charge in [-0.3, -0.25) is 4.79 Å². The third-order valence-electron chi connectivity index (χ3n) is 17.5. The molecule has 0 fully saturated rings. The summed E-state index contributed by atoms with van der Waals surface area (Å²) in [5.74, 6) is -1.17. The fourth-order valence-corrected chi connectivity index (χ4v) is 19.5. The molecule has 20 N–H and O–H groups in total. The van der Waals surface area contributed by atoms with E-state index in [0.717, 1.165) is 54.9 Å². The number of unbranched alkanes of at least 4 members (excludes halogenated alkanes) is 2. The first-order chi connectivity index (χ1) is 65.1. The van der Waals surface area contributed by atoms with Crippen molar-refractivity contribution in [2.24, 2.45) is 5.41 Å². The first-order valence-electron chi connectivity index (χ1n) is 41.7. The van der Waals surface area contributed by atoms with E-state index in [4.69, 9.17) is 4.74 Å². The molecule has 0 heterocycles. The average molecular weight is 2870 g/mol. The number of hydrogen-bond donors (Lipinski definition) is 20. The number of esters is 1. The molecule has 0 saturated carbocycles. The van der Waals surface area contributed by atoms with Crippen LogP contribution in [-0.4, -0.2) is 121 Å². The second kappa shape index (κ2) is 61.9. The van der Waals surface area contributed by atoms with Crippen molar-refractivity contribution in [1.29, 1.82) is 0 Å². The molecule has 10 aromatic rings. The number of benzene rings is 10. The second-order valence-corrected chi connectivity index (χ2v) is 44.4. The highest BCUT2D eigenvalue weighted by Gasteiger charge is 2.28. The van der Waals surface area contributed by atoms with Crippen molar-refractivity contribution in [1.82, 2.24) is 37.2 Å². The van der Waals surface area contributed by atoms with Gasteiger partial charge in [0.05, 0.1) is 101 Å². The number of amides is 14. The molecule has 10 rings (SSSR count). The van der Waals surface area contributed by atoms with Gasteiger partial charge in [0.15, 0.2) is 11.6 Å². The minimum absolute atomic E-state index is 0.00385. The summed E-state index contributed by atoms with van der Waals surface area (Å²) in [5, 5.41) is 102. The topological polar surface area (TPSA) is 447 Å². The quantitative estimate of drug-likeness (QED) is 0.00667. The van der Waals surface area contributed by atoms with Crippen molar-refractivity contribution in [2.75, 3.05) is 61.3 Å². The summed E-state index contributed by atoms with van der Waals surface area (Å²) in [7, 11) is 0. The van der Waals surface area contributed by atoms with E-state index in [9.17, 15) is 78.5 Å². The molecule has 10 aromatic carbocycles. The molecule has 0 aliphatic rings. The van der Waals surface area contributed by atoms with Gasteiger partial charge in [-0.25, -0.2) is 41.1 Å². The van der Waals surface area contributed by atoms with E-state index in [1.165, 1.54) is 14.7 Å². The van der Waals surface area contributed by atoms with Gasteiger partial charge in [0.25, 0.3) is 0 Å². The molecule has 0 bridgehead atoms. The summed E-state index contributed by atoms with van der Waals surface area (Å²) in [4.78, 5) is 93.7. The van der Waals surface area contributed by atoms with Crippen molar-refractivity contribution in [3.8, 4) is 40.2 Å². The van der Waals surface area contributed by atoms with Crippen molar-refractivity contribution in [3.05, 3.63) is 256 Å². The van der Waals surface area contributed by atoms with Gasteiger partial charge in [-0.05, 0) is 371 Å². The molecule has 30 nitrogen and oxygen atoms in total. The molecule has 139 heavy (non-hydrogen) atoms. The number of aromatic hydroxyl groups is 7. The van der Waals surface area contributed by atoms with E-state index in [2.05, 4.69) is 304 Å². The molecule has 0 unspecified atom stereocenters. The average Bonchev–Trinajstić information content (AvgIpc) is 0.819. The number of urea groups is 7. The Morgan fingerprint density at radius 2 is 0.741 bits per heavy atom. The zero-order valence-electron chi connectivity index (χ0n) is 76.6. The summed E-state index contributed by atoms with van der Waals surface area (Å²) in [6.45, 7) is 24.4. The molecular formula is C94H105Br13FIN14O16. The Balaban J connectivity index is 0.000000339. The van der Waals surface area contributed by atoms with Crippen LogP contribution in [0.1, 0.15) is 124 Å². The molecule has 0 aliphatic heterocycles. The SMILES string of the molecule is CC(C)(C)CC(C)(C)NC(=O)Nc1cc(Br)c(O)c(Br)c1.CC(C)(C)NC(=O)Nc1cc(Br)c(O)c(Br)c1.CCCCCNC(=O)Nc1cc(Br)c(O)c(Br)c1.CCOC(=O)CCNC(=O)Nc1cc(Br)c(O)c(Br)c1.Cc1ccccc1CNC(=O)Nc1cc(Br)cc(F)c1O.O=C(NCCc1ccccc1)N(I)c1cc(Br)c(O)c(Br)c1.O=C(NCc1ccccc1)Nc1cc(Br)c(O)c(Br)c1. The Hall–Kier alpha value is -7.94. The number of nitrogens with one attached hydrogen (secondary N) is 13. The molecule has 0 radical (unpaired) electrons. The van der Waals surface area contributed by atoms with E-state index in [1.807, 2.05) is 149 Å². The zero-order chi connectivity index (χ0) is 104. The Morgan fingerprint density at radius 1 is 0.388 bits per heavy atom. The number of phenolic OH excluding ortho intramolecular Hbond substituents is 7. The number of phenols is 7. The molecule has 0 aromatic heterocycles. The Morgan fingerprint density at radius 3 is 1.13 bits per heavy atom. The fourth-order valence-electron chi connectivity index (χ4n) is 11.5. The van der Waals surface area contributed by atoms with Crippen LogP contribution in [0.2, 0.25) is 0 Å². The van der Waals surface area contributed by atoms with Crippen LogP contribution in [0.25, 0.3) is 0 Å². The van der Waals surface area contributed by atoms with E-state index in [1.54, 1.807) is 79.7 Å². The first-order valence-corrected chi connectivity index (χ1v) is 53.0. The lowest BCUT2D eigenvalue weighted by molar-refractivity contribution is -0.142. The smallest absolute Gasteiger partial charge is 0.330 e. The van der Waals surface area contributed by atoms with E-state index < -0.39 is 23.6 Å². The molecular weight excluding hydrogens is 2770 g/mol. The van der Waals surface area contributed by atoms with Crippen LogP contribution >= 0.6 is 230 Å². The third-order valence-corrected chi connectivity index (χ3v) is 26.2. The molecule has 0 saturated heterocycles. The highest BCUT2D eigenvalue weighted by atomic mass is 127. The molecule has 752 valence electrons. The number of aryl methyl sites for hydroxylation is 1. The number of halogens is 15. The molecule has 14 amide bonds. The highest BCUT2D eigenvalue weighted by Crippen LogP contribution is 2.42. The van der Waals surface area contributed by atoms with E-state index >= 15 is 0 Å². The van der Waals surface area contributed by atoms with Crippen molar-refractivity contribution < 1.29 is 83.2 Å². The van der Waals surface area contributed by atoms with Gasteiger partial charge in [-0.2, -0.15) is 0 Å². The van der Waals surface area contributed by atoms with Gasteiger partial charge < -0.3 is 110 Å². The highest BCUT2D eigenvalue weighted by molar-refractivity contribution is 14.1. The molecule has 0 spiro atoms. The van der Waals surface area contributed by atoms with Crippen LogP contribution < -0.4 is 72.2 Å². The van der Waals surface area contributed by atoms with Crippen LogP contribution in [0.4, 0.5) is 77.8 Å². The molecule has 0 atom stereocenters. The third kappa shape index (κ3) is 48.3. The normalized spacial score (nSPS) is 10.6. The van der Waals surface area contributed by atoms with Crippen LogP contribution in [0, 0.1) is 18.2 Å². The number of nitrogens with zero attached hydrogens (tertiary/aromatic N) is 1. The minimum atomic E-state index is -0.807. The van der Waals surface area contributed by atoms with Crippen LogP contribution in [0.3, 0.4) is 0 Å². The zero-order valence-corrected chi connectivity index (χ0v) is 99.3. The summed E-state index contributed by atoms with van der Waals surface area (Å²) in [6.07, 6.45) is 4.96. The number of rotatable bonds is 24. The van der Waals surface area contributed by atoms with Crippen molar-refractivity contribution in [3.63, 3.8) is 0 Å². The number of carbonyl (C=O) groups is 8. The van der Waals surface area contributed by atoms with Gasteiger partial charge in [0.2, 0.25) is 0 Å². The van der Waals surface area contributed by atoms with Crippen LogP contribution in [0.15, 0.2) is 228 Å². The van der Waals surface area contributed by atoms with Gasteiger partial charge in [-0.15, -0.1) is 0 Å². The Kier molecular flexibility index (Phi) is 54.9. The van der Waals surface area contributed by atoms with Crippen LogP contribution in [0.5, 0.6) is 40.2 Å². The van der Waals surface area contributed by atoms with Crippen LogP contribution in [-0.2, 0) is 29.0 Å². The number of anilines is 7. The lowest BCUT2D eigenvalue weighted by Gasteiger charge is -2.33. The van der Waals surface area contributed by atoms with E-state index in [-0.39, 0.29) is 106 Å². The van der Waals surface area contributed by atoms with Crippen molar-refractivity contribution in [2.45, 2.75) is 139 Å². The maximum Gasteiger partial charge on any atom is 0.330 e. The maximum absolute atomic E-state index is 13.3. The lowest BCUT2D eigenvalue weighted by atomic mass is 9.82. The van der Waals surface area contributed by atoms with E-state index in [0.29, 0.717) is 125 Å². The summed E-state index contributed by atoms with van der Waals surface area (Å²) in [5.41, 5.74) is 7.30. The van der Waals surface area contributed by atoms with Gasteiger partial charge in [0, 0.05) is 76.7 Å².